The second kappa shape index (κ2) is 8.57. The number of benzene rings is 1. The molecule has 0 bridgehead atoms. The predicted molar refractivity (Wildman–Crippen MR) is 84.3 cm³/mol. The highest BCUT2D eigenvalue weighted by Crippen LogP contribution is 2.27. The molecule has 0 aliphatic carbocycles. The van der Waals surface area contributed by atoms with Crippen molar-refractivity contribution < 1.29 is 9.53 Å². The lowest BCUT2D eigenvalue weighted by molar-refractivity contribution is -0.107. The second-order valence-electron chi connectivity index (χ2n) is 5.32. The number of unbranched alkanes of at least 4 members (excludes halogenated alkanes) is 1. The smallest absolute Gasteiger partial charge is 0.122 e. The standard InChI is InChI=1S/C18H26O2/c1-5-15(3)16(8-6-7-11-19)13-17-10-9-14(2)12-18(17)20-4/h8-12,15H,5-7,13H2,1-4H3/b16-8-/t15-/m0/s1. The van der Waals surface area contributed by atoms with Gasteiger partial charge in [0.05, 0.1) is 7.11 Å². The molecule has 0 aliphatic heterocycles. The number of hydrogen-bond acceptors (Lipinski definition) is 2. The van der Waals surface area contributed by atoms with E-state index in [1.54, 1.807) is 7.11 Å². The Morgan fingerprint density at radius 2 is 2.10 bits per heavy atom. The van der Waals surface area contributed by atoms with Crippen LogP contribution in [0.1, 0.15) is 44.2 Å². The lowest BCUT2D eigenvalue weighted by Gasteiger charge is -2.17. The summed E-state index contributed by atoms with van der Waals surface area (Å²) in [6.45, 7) is 6.51. The van der Waals surface area contributed by atoms with E-state index in [9.17, 15) is 4.79 Å². The molecule has 1 aromatic carbocycles. The summed E-state index contributed by atoms with van der Waals surface area (Å²) in [5.74, 6) is 1.49. The maximum absolute atomic E-state index is 10.5. The average Bonchev–Trinajstić information content (AvgIpc) is 2.46. The predicted octanol–water partition coefficient (Wildman–Crippen LogP) is 4.50. The summed E-state index contributed by atoms with van der Waals surface area (Å²) in [6.07, 6.45) is 6.65. The Bertz CT molecular complexity index is 460. The third kappa shape index (κ3) is 4.84. The van der Waals surface area contributed by atoms with Crippen molar-refractivity contribution in [1.82, 2.24) is 0 Å². The number of carbonyl (C=O) groups excluding carboxylic acids is 1. The van der Waals surface area contributed by atoms with E-state index in [2.05, 4.69) is 45.0 Å². The molecule has 0 radical (unpaired) electrons. The zero-order valence-electron chi connectivity index (χ0n) is 13.1. The molecule has 0 saturated carbocycles. The van der Waals surface area contributed by atoms with Crippen molar-refractivity contribution in [2.45, 2.75) is 46.5 Å². The lowest BCUT2D eigenvalue weighted by atomic mass is 9.91. The van der Waals surface area contributed by atoms with E-state index >= 15 is 0 Å². The molecule has 0 fully saturated rings. The van der Waals surface area contributed by atoms with Gasteiger partial charge in [0.25, 0.3) is 0 Å². The molecule has 0 heterocycles. The maximum Gasteiger partial charge on any atom is 0.122 e. The van der Waals surface area contributed by atoms with Crippen LogP contribution in [0.15, 0.2) is 29.8 Å². The van der Waals surface area contributed by atoms with Crippen LogP contribution in [0.5, 0.6) is 5.75 Å². The molecular weight excluding hydrogens is 248 g/mol. The van der Waals surface area contributed by atoms with Gasteiger partial charge in [-0.1, -0.05) is 37.6 Å². The van der Waals surface area contributed by atoms with Crippen LogP contribution in [0.3, 0.4) is 0 Å². The van der Waals surface area contributed by atoms with Gasteiger partial charge in [0.15, 0.2) is 0 Å². The number of ether oxygens (including phenoxy) is 1. The number of methoxy groups -OCH3 is 1. The fourth-order valence-corrected chi connectivity index (χ4v) is 2.26. The summed E-state index contributed by atoms with van der Waals surface area (Å²) >= 11 is 0. The van der Waals surface area contributed by atoms with E-state index < -0.39 is 0 Å². The summed E-state index contributed by atoms with van der Waals surface area (Å²) in [6, 6.07) is 6.34. The molecule has 0 N–H and O–H groups in total. The van der Waals surface area contributed by atoms with Crippen molar-refractivity contribution in [3.63, 3.8) is 0 Å². The van der Waals surface area contributed by atoms with E-state index in [0.29, 0.717) is 12.3 Å². The fourth-order valence-electron chi connectivity index (χ4n) is 2.26. The van der Waals surface area contributed by atoms with Crippen LogP contribution in [0.4, 0.5) is 0 Å². The zero-order chi connectivity index (χ0) is 15.0. The van der Waals surface area contributed by atoms with Crippen LogP contribution in [0.25, 0.3) is 0 Å². The molecule has 0 spiro atoms. The summed E-state index contributed by atoms with van der Waals surface area (Å²) < 4.78 is 5.48. The highest BCUT2D eigenvalue weighted by molar-refractivity contribution is 5.49. The molecule has 0 aliphatic rings. The van der Waals surface area contributed by atoms with E-state index in [-0.39, 0.29) is 0 Å². The first kappa shape index (κ1) is 16.5. The molecule has 0 aromatic heterocycles. The van der Waals surface area contributed by atoms with Gasteiger partial charge in [0.1, 0.15) is 12.0 Å². The zero-order valence-corrected chi connectivity index (χ0v) is 13.1. The number of rotatable bonds is 8. The topological polar surface area (TPSA) is 26.3 Å². The number of carbonyl (C=O) groups is 1. The van der Waals surface area contributed by atoms with Crippen molar-refractivity contribution >= 4 is 6.29 Å². The fraction of sp³-hybridized carbons (Fsp3) is 0.500. The number of hydrogen-bond donors (Lipinski definition) is 0. The summed E-state index contributed by atoms with van der Waals surface area (Å²) in [7, 11) is 1.72. The first-order chi connectivity index (χ1) is 9.62. The van der Waals surface area contributed by atoms with Gasteiger partial charge in [-0.05, 0) is 49.3 Å². The second-order valence-corrected chi connectivity index (χ2v) is 5.32. The maximum atomic E-state index is 10.5. The third-order valence-corrected chi connectivity index (χ3v) is 3.77. The number of allylic oxidation sites excluding steroid dienone is 2. The van der Waals surface area contributed by atoms with Crippen molar-refractivity contribution in [3.05, 3.63) is 41.0 Å². The minimum atomic E-state index is 0.535. The van der Waals surface area contributed by atoms with E-state index in [4.69, 9.17) is 4.74 Å². The van der Waals surface area contributed by atoms with Crippen LogP contribution in [0, 0.1) is 12.8 Å². The highest BCUT2D eigenvalue weighted by atomic mass is 16.5. The Kier molecular flexibility index (Phi) is 7.06. The molecule has 0 amide bonds. The highest BCUT2D eigenvalue weighted by Gasteiger charge is 2.11. The largest absolute Gasteiger partial charge is 0.496 e. The molecular formula is C18H26O2. The monoisotopic (exact) mass is 274 g/mol. The van der Waals surface area contributed by atoms with Gasteiger partial charge in [-0.15, -0.1) is 0 Å². The van der Waals surface area contributed by atoms with Gasteiger partial charge in [-0.3, -0.25) is 0 Å². The first-order valence-electron chi connectivity index (χ1n) is 7.38. The number of aldehydes is 1. The molecule has 0 unspecified atom stereocenters. The van der Waals surface area contributed by atoms with Crippen LogP contribution < -0.4 is 4.74 Å². The summed E-state index contributed by atoms with van der Waals surface area (Å²) in [4.78, 5) is 10.5. The minimum absolute atomic E-state index is 0.535. The van der Waals surface area contributed by atoms with Gasteiger partial charge < -0.3 is 9.53 Å². The Morgan fingerprint density at radius 1 is 1.35 bits per heavy atom. The minimum Gasteiger partial charge on any atom is -0.496 e. The van der Waals surface area contributed by atoms with Crippen molar-refractivity contribution in [1.29, 1.82) is 0 Å². The quantitative estimate of drug-likeness (QED) is 0.396. The van der Waals surface area contributed by atoms with E-state index in [0.717, 1.165) is 31.3 Å². The normalized spacial score (nSPS) is 13.1. The Labute approximate surface area is 122 Å². The Morgan fingerprint density at radius 3 is 2.70 bits per heavy atom. The van der Waals surface area contributed by atoms with Crippen molar-refractivity contribution in [2.24, 2.45) is 5.92 Å². The van der Waals surface area contributed by atoms with Gasteiger partial charge in [-0.25, -0.2) is 0 Å². The van der Waals surface area contributed by atoms with Gasteiger partial charge in [0, 0.05) is 6.42 Å². The van der Waals surface area contributed by atoms with E-state index in [1.165, 1.54) is 16.7 Å². The molecule has 2 nitrogen and oxygen atoms in total. The van der Waals surface area contributed by atoms with Crippen LogP contribution in [0.2, 0.25) is 0 Å². The molecule has 0 saturated heterocycles. The molecule has 1 aromatic rings. The van der Waals surface area contributed by atoms with Crippen molar-refractivity contribution in [2.75, 3.05) is 7.11 Å². The Hall–Kier alpha value is -1.57. The molecule has 110 valence electrons. The third-order valence-electron chi connectivity index (χ3n) is 3.77. The lowest BCUT2D eigenvalue weighted by Crippen LogP contribution is -2.03. The van der Waals surface area contributed by atoms with E-state index in [1.807, 2.05) is 0 Å². The van der Waals surface area contributed by atoms with Gasteiger partial charge in [-0.2, -0.15) is 0 Å². The SMILES string of the molecule is CC[C@H](C)/C(=C\CCC=O)Cc1ccc(C)cc1OC. The van der Waals surface area contributed by atoms with Crippen molar-refractivity contribution in [3.8, 4) is 5.75 Å². The van der Waals surface area contributed by atoms with Crippen LogP contribution in [-0.2, 0) is 11.2 Å². The van der Waals surface area contributed by atoms with Gasteiger partial charge >= 0.3 is 0 Å². The number of aryl methyl sites for hydroxylation is 1. The average molecular weight is 274 g/mol. The molecule has 2 heteroatoms. The first-order valence-corrected chi connectivity index (χ1v) is 7.38. The molecule has 20 heavy (non-hydrogen) atoms. The molecule has 1 rings (SSSR count). The van der Waals surface area contributed by atoms with Crippen LogP contribution in [-0.4, -0.2) is 13.4 Å². The molecule has 1 atom stereocenters. The van der Waals surface area contributed by atoms with Gasteiger partial charge in [0.2, 0.25) is 0 Å². The Balaban J connectivity index is 2.94. The van der Waals surface area contributed by atoms with Crippen LogP contribution >= 0.6 is 0 Å². The summed E-state index contributed by atoms with van der Waals surface area (Å²) in [5, 5.41) is 0. The summed E-state index contributed by atoms with van der Waals surface area (Å²) in [5.41, 5.74) is 3.83.